The van der Waals surface area contributed by atoms with Crippen molar-refractivity contribution in [2.45, 2.75) is 6.54 Å². The number of hydrogen-bond acceptors (Lipinski definition) is 6. The Kier molecular flexibility index (Phi) is 3.63. The Hall–Kier alpha value is -2.32. The van der Waals surface area contributed by atoms with Crippen molar-refractivity contribution < 1.29 is 4.92 Å². The molecule has 0 saturated carbocycles. The van der Waals surface area contributed by atoms with Crippen molar-refractivity contribution in [3.63, 3.8) is 0 Å². The van der Waals surface area contributed by atoms with Gasteiger partial charge in [-0.05, 0) is 11.4 Å². The number of thiazole rings is 1. The van der Waals surface area contributed by atoms with Gasteiger partial charge in [0.25, 0.3) is 11.2 Å². The fourth-order valence-corrected chi connectivity index (χ4v) is 3.35. The first-order chi connectivity index (χ1) is 10.1. The maximum atomic E-state index is 11.8. The molecule has 0 spiro atoms. The minimum Gasteiger partial charge on any atom is -0.303 e. The summed E-state index contributed by atoms with van der Waals surface area (Å²) in [6.45, 7) is 0.223. The van der Waals surface area contributed by atoms with Gasteiger partial charge in [-0.2, -0.15) is 11.3 Å². The molecule has 0 saturated heterocycles. The van der Waals surface area contributed by atoms with E-state index in [0.29, 0.717) is 5.69 Å². The van der Waals surface area contributed by atoms with E-state index in [1.807, 2.05) is 22.2 Å². The van der Waals surface area contributed by atoms with Crippen LogP contribution in [0.3, 0.4) is 0 Å². The van der Waals surface area contributed by atoms with Gasteiger partial charge in [-0.15, -0.1) is 11.3 Å². The summed E-state index contributed by atoms with van der Waals surface area (Å²) in [5.74, 6) is 0. The number of nitrogens with zero attached hydrogens (tertiary/aromatic N) is 3. The number of nitro groups is 1. The van der Waals surface area contributed by atoms with Crippen LogP contribution in [-0.4, -0.2) is 14.5 Å². The molecule has 3 rings (SSSR count). The fourth-order valence-electron chi connectivity index (χ4n) is 1.82. The Morgan fingerprint density at radius 3 is 2.86 bits per heavy atom. The monoisotopic (exact) mass is 319 g/mol. The van der Waals surface area contributed by atoms with Crippen molar-refractivity contribution in [1.82, 2.24) is 9.55 Å². The van der Waals surface area contributed by atoms with Crippen molar-refractivity contribution in [1.29, 1.82) is 0 Å². The quantitative estimate of drug-likeness (QED) is 0.547. The average Bonchev–Trinajstić information content (AvgIpc) is 3.11. The third-order valence-electron chi connectivity index (χ3n) is 2.83. The second kappa shape index (κ2) is 5.58. The molecular weight excluding hydrogens is 310 g/mol. The summed E-state index contributed by atoms with van der Waals surface area (Å²) < 4.78 is 1.30. The molecule has 21 heavy (non-hydrogen) atoms. The van der Waals surface area contributed by atoms with Gasteiger partial charge in [0.2, 0.25) is 0 Å². The van der Waals surface area contributed by atoms with E-state index in [1.165, 1.54) is 34.2 Å². The van der Waals surface area contributed by atoms with E-state index >= 15 is 0 Å². The summed E-state index contributed by atoms with van der Waals surface area (Å²) in [5, 5.41) is 17.5. The summed E-state index contributed by atoms with van der Waals surface area (Å²) >= 11 is 3.08. The van der Waals surface area contributed by atoms with Crippen molar-refractivity contribution in [2.75, 3.05) is 0 Å². The van der Waals surface area contributed by atoms with Gasteiger partial charge in [0, 0.05) is 28.5 Å². The Morgan fingerprint density at radius 1 is 1.29 bits per heavy atom. The van der Waals surface area contributed by atoms with Crippen LogP contribution in [0.15, 0.2) is 45.3 Å². The van der Waals surface area contributed by atoms with E-state index in [1.54, 1.807) is 11.3 Å². The van der Waals surface area contributed by atoms with Crippen LogP contribution in [0.1, 0.15) is 5.69 Å². The lowest BCUT2D eigenvalue weighted by Crippen LogP contribution is -2.19. The third kappa shape index (κ3) is 2.91. The zero-order valence-corrected chi connectivity index (χ0v) is 12.3. The number of thiophene rings is 1. The molecule has 0 atom stereocenters. The van der Waals surface area contributed by atoms with Gasteiger partial charge < -0.3 is 4.57 Å². The second-order valence-corrected chi connectivity index (χ2v) is 5.90. The second-order valence-electron chi connectivity index (χ2n) is 4.27. The highest BCUT2D eigenvalue weighted by Crippen LogP contribution is 2.25. The molecule has 8 heteroatoms. The van der Waals surface area contributed by atoms with Crippen molar-refractivity contribution >= 4 is 28.4 Å². The maximum Gasteiger partial charge on any atom is 0.285 e. The zero-order valence-electron chi connectivity index (χ0n) is 10.6. The van der Waals surface area contributed by atoms with Gasteiger partial charge >= 0.3 is 0 Å². The zero-order chi connectivity index (χ0) is 14.8. The first-order valence-corrected chi connectivity index (χ1v) is 7.77. The van der Waals surface area contributed by atoms with Crippen molar-refractivity contribution in [3.05, 3.63) is 66.7 Å². The van der Waals surface area contributed by atoms with E-state index in [4.69, 9.17) is 0 Å². The lowest BCUT2D eigenvalue weighted by atomic mass is 10.3. The van der Waals surface area contributed by atoms with Crippen molar-refractivity contribution in [2.24, 2.45) is 0 Å². The first-order valence-electron chi connectivity index (χ1n) is 5.95. The van der Waals surface area contributed by atoms with Gasteiger partial charge in [-0.3, -0.25) is 14.9 Å². The Labute approximate surface area is 127 Å². The summed E-state index contributed by atoms with van der Waals surface area (Å²) in [4.78, 5) is 26.4. The molecule has 0 aliphatic carbocycles. The highest BCUT2D eigenvalue weighted by molar-refractivity contribution is 7.14. The van der Waals surface area contributed by atoms with Crippen LogP contribution in [0.2, 0.25) is 0 Å². The lowest BCUT2D eigenvalue weighted by molar-refractivity contribution is -0.385. The van der Waals surface area contributed by atoms with Crippen LogP contribution in [-0.2, 0) is 6.54 Å². The molecule has 0 aromatic carbocycles. The van der Waals surface area contributed by atoms with Gasteiger partial charge in [0.1, 0.15) is 5.01 Å². The van der Waals surface area contributed by atoms with Gasteiger partial charge in [-0.1, -0.05) is 0 Å². The molecule has 0 amide bonds. The highest BCUT2D eigenvalue weighted by Gasteiger charge is 2.10. The van der Waals surface area contributed by atoms with Crippen LogP contribution < -0.4 is 5.56 Å². The molecule has 6 nitrogen and oxygen atoms in total. The van der Waals surface area contributed by atoms with Gasteiger partial charge in [-0.25, -0.2) is 4.98 Å². The molecule has 106 valence electrons. The van der Waals surface area contributed by atoms with E-state index in [0.717, 1.165) is 10.6 Å². The van der Waals surface area contributed by atoms with E-state index in [9.17, 15) is 14.9 Å². The number of hydrogen-bond donors (Lipinski definition) is 0. The predicted octanol–water partition coefficient (Wildman–Crippen LogP) is 2.99. The highest BCUT2D eigenvalue weighted by atomic mass is 32.1. The topological polar surface area (TPSA) is 78.0 Å². The molecule has 0 N–H and O–H groups in total. The Morgan fingerprint density at radius 2 is 2.14 bits per heavy atom. The SMILES string of the molecule is O=c1ccc([N+](=O)[O-])cn1Cc1csc(-c2ccsc2)n1. The molecule has 0 fully saturated rings. The molecule has 0 aliphatic rings. The van der Waals surface area contributed by atoms with Crippen LogP contribution >= 0.6 is 22.7 Å². The molecule has 3 heterocycles. The Balaban J connectivity index is 1.89. The lowest BCUT2D eigenvalue weighted by Gasteiger charge is -2.02. The minimum atomic E-state index is -0.520. The Bertz CT molecular complexity index is 836. The van der Waals surface area contributed by atoms with E-state index in [2.05, 4.69) is 4.98 Å². The molecule has 0 unspecified atom stereocenters. The minimum absolute atomic E-state index is 0.108. The predicted molar refractivity (Wildman–Crippen MR) is 81.9 cm³/mol. The third-order valence-corrected chi connectivity index (χ3v) is 4.45. The molecular formula is C13H9N3O3S2. The smallest absolute Gasteiger partial charge is 0.285 e. The van der Waals surface area contributed by atoms with Crippen LogP contribution in [0.4, 0.5) is 5.69 Å². The summed E-state index contributed by atoms with van der Waals surface area (Å²) in [7, 11) is 0. The first kappa shape index (κ1) is 13.7. The van der Waals surface area contributed by atoms with Crippen LogP contribution in [0, 0.1) is 10.1 Å². The van der Waals surface area contributed by atoms with Crippen LogP contribution in [0.25, 0.3) is 10.6 Å². The number of rotatable bonds is 4. The van der Waals surface area contributed by atoms with E-state index in [-0.39, 0.29) is 17.8 Å². The standard InChI is InChI=1S/C13H9N3O3S2/c17-12-2-1-11(16(18)19)6-15(12)5-10-8-21-13(14-10)9-3-4-20-7-9/h1-4,6-8H,5H2. The van der Waals surface area contributed by atoms with E-state index < -0.39 is 4.92 Å². The van der Waals surface area contributed by atoms with Crippen LogP contribution in [0.5, 0.6) is 0 Å². The molecule has 0 radical (unpaired) electrons. The normalized spacial score (nSPS) is 10.7. The average molecular weight is 319 g/mol. The molecule has 3 aromatic rings. The maximum absolute atomic E-state index is 11.8. The van der Waals surface area contributed by atoms with Gasteiger partial charge in [0.05, 0.1) is 23.4 Å². The molecule has 0 aliphatic heterocycles. The summed E-state index contributed by atoms with van der Waals surface area (Å²) in [6.07, 6.45) is 1.24. The molecule has 0 bridgehead atoms. The number of aromatic nitrogens is 2. The largest absolute Gasteiger partial charge is 0.303 e. The van der Waals surface area contributed by atoms with Crippen molar-refractivity contribution in [3.8, 4) is 10.6 Å². The number of pyridine rings is 1. The molecule has 3 aromatic heterocycles. The van der Waals surface area contributed by atoms with Gasteiger partial charge in [0.15, 0.2) is 0 Å². The summed E-state index contributed by atoms with van der Waals surface area (Å²) in [5.41, 5.74) is 1.36. The summed E-state index contributed by atoms with van der Waals surface area (Å²) in [6, 6.07) is 4.38. The fraction of sp³-hybridized carbons (Fsp3) is 0.0769.